The quantitative estimate of drug-likeness (QED) is 0.610. The highest BCUT2D eigenvalue weighted by Gasteiger charge is 2.10. The first-order valence-corrected chi connectivity index (χ1v) is 9.72. The van der Waals surface area contributed by atoms with Gasteiger partial charge in [-0.25, -0.2) is 0 Å². The lowest BCUT2D eigenvalue weighted by Crippen LogP contribution is -2.27. The minimum absolute atomic E-state index is 0.00589. The number of carbonyl (C=O) groups excluding carboxylic acids is 1. The number of methoxy groups -OCH3 is 1. The smallest absolute Gasteiger partial charge is 0.230 e. The highest BCUT2D eigenvalue weighted by molar-refractivity contribution is 7.99. The lowest BCUT2D eigenvalue weighted by Gasteiger charge is -2.09. The number of carbonyl (C=O) groups is 1. The second-order valence-corrected chi connectivity index (χ2v) is 6.73. The second kappa shape index (κ2) is 9.72. The minimum Gasteiger partial charge on any atom is -0.496 e. The van der Waals surface area contributed by atoms with Crippen molar-refractivity contribution in [3.05, 3.63) is 66.0 Å². The zero-order valence-electron chi connectivity index (χ0n) is 15.0. The lowest BCUT2D eigenvalue weighted by atomic mass is 10.1. The highest BCUT2D eigenvalue weighted by atomic mass is 32.2. The number of rotatable bonds is 9. The van der Waals surface area contributed by atoms with Crippen molar-refractivity contribution in [3.63, 3.8) is 0 Å². The molecule has 140 valence electrons. The zero-order chi connectivity index (χ0) is 18.9. The average molecular weight is 383 g/mol. The van der Waals surface area contributed by atoms with Crippen LogP contribution in [0.25, 0.3) is 5.69 Å². The zero-order valence-corrected chi connectivity index (χ0v) is 15.9. The van der Waals surface area contributed by atoms with Crippen molar-refractivity contribution in [2.45, 2.75) is 12.2 Å². The summed E-state index contributed by atoms with van der Waals surface area (Å²) < 4.78 is 7.01. The second-order valence-electron chi connectivity index (χ2n) is 5.75. The van der Waals surface area contributed by atoms with Gasteiger partial charge in [0.15, 0.2) is 5.82 Å². The fourth-order valence-corrected chi connectivity index (χ4v) is 3.35. The van der Waals surface area contributed by atoms with Crippen LogP contribution in [0, 0.1) is 0 Å². The van der Waals surface area contributed by atoms with Crippen LogP contribution in [-0.2, 0) is 17.0 Å². The van der Waals surface area contributed by atoms with E-state index in [2.05, 4.69) is 20.8 Å². The van der Waals surface area contributed by atoms with Crippen LogP contribution >= 0.6 is 11.8 Å². The Bertz CT molecular complexity index is 869. The van der Waals surface area contributed by atoms with E-state index in [0.29, 0.717) is 23.9 Å². The molecule has 3 rings (SSSR count). The van der Waals surface area contributed by atoms with Gasteiger partial charge >= 0.3 is 0 Å². The third kappa shape index (κ3) is 5.30. The van der Waals surface area contributed by atoms with E-state index in [1.807, 2.05) is 54.6 Å². The molecule has 27 heavy (non-hydrogen) atoms. The van der Waals surface area contributed by atoms with Crippen LogP contribution in [0.2, 0.25) is 0 Å². The van der Waals surface area contributed by atoms with Crippen LogP contribution in [0.3, 0.4) is 0 Å². The predicted octanol–water partition coefficient (Wildman–Crippen LogP) is 2.26. The molecule has 0 bridgehead atoms. The van der Waals surface area contributed by atoms with E-state index in [4.69, 9.17) is 4.74 Å². The number of thioether (sulfide) groups is 1. The number of tetrazole rings is 1. The van der Waals surface area contributed by atoms with Crippen LogP contribution in [0.4, 0.5) is 0 Å². The molecule has 1 heterocycles. The summed E-state index contributed by atoms with van der Waals surface area (Å²) in [5.74, 6) is 2.46. The van der Waals surface area contributed by atoms with Gasteiger partial charge in [-0.05, 0) is 40.6 Å². The molecule has 7 nitrogen and oxygen atoms in total. The summed E-state index contributed by atoms with van der Waals surface area (Å²) in [5, 5.41) is 14.7. The van der Waals surface area contributed by atoms with Gasteiger partial charge in [-0.2, -0.15) is 4.68 Å². The maximum absolute atomic E-state index is 12.0. The molecule has 1 amide bonds. The maximum Gasteiger partial charge on any atom is 0.230 e. The van der Waals surface area contributed by atoms with Gasteiger partial charge in [-0.15, -0.1) is 16.9 Å². The normalized spacial score (nSPS) is 10.6. The number of nitrogens with zero attached hydrogens (tertiary/aromatic N) is 4. The number of aromatic nitrogens is 4. The van der Waals surface area contributed by atoms with Gasteiger partial charge in [0.2, 0.25) is 5.91 Å². The number of para-hydroxylation sites is 2. The first-order chi connectivity index (χ1) is 13.3. The van der Waals surface area contributed by atoms with Gasteiger partial charge < -0.3 is 10.1 Å². The molecule has 0 saturated heterocycles. The van der Waals surface area contributed by atoms with Gasteiger partial charge in [0.05, 0.1) is 24.3 Å². The summed E-state index contributed by atoms with van der Waals surface area (Å²) in [4.78, 5) is 12.0. The van der Waals surface area contributed by atoms with Gasteiger partial charge in [0.25, 0.3) is 0 Å². The average Bonchev–Trinajstić information content (AvgIpc) is 3.17. The van der Waals surface area contributed by atoms with Crippen molar-refractivity contribution in [2.75, 3.05) is 19.4 Å². The number of ether oxygens (including phenoxy) is 1. The molecule has 3 aromatic rings. The topological polar surface area (TPSA) is 81.9 Å². The predicted molar refractivity (Wildman–Crippen MR) is 105 cm³/mol. The fourth-order valence-electron chi connectivity index (χ4n) is 2.60. The molecule has 0 spiro atoms. The van der Waals surface area contributed by atoms with Crippen molar-refractivity contribution in [3.8, 4) is 11.4 Å². The van der Waals surface area contributed by atoms with Crippen LogP contribution in [-0.4, -0.2) is 45.5 Å². The summed E-state index contributed by atoms with van der Waals surface area (Å²) >= 11 is 1.48. The van der Waals surface area contributed by atoms with E-state index in [1.54, 1.807) is 11.8 Å². The number of benzene rings is 2. The SMILES string of the molecule is COc1ccccc1CCNC(=O)CSCc1nnnn1-c1ccccc1. The molecule has 0 saturated carbocycles. The largest absolute Gasteiger partial charge is 0.496 e. The van der Waals surface area contributed by atoms with E-state index in [-0.39, 0.29) is 5.91 Å². The van der Waals surface area contributed by atoms with E-state index in [9.17, 15) is 4.79 Å². The summed E-state index contributed by atoms with van der Waals surface area (Å²) in [5.41, 5.74) is 1.98. The van der Waals surface area contributed by atoms with Crippen LogP contribution in [0.1, 0.15) is 11.4 Å². The minimum atomic E-state index is -0.00589. The van der Waals surface area contributed by atoms with Gasteiger partial charge in [0.1, 0.15) is 5.75 Å². The lowest BCUT2D eigenvalue weighted by molar-refractivity contribution is -0.118. The third-order valence-electron chi connectivity index (χ3n) is 3.91. The number of hydrogen-bond acceptors (Lipinski definition) is 6. The number of amides is 1. The number of nitrogens with one attached hydrogen (secondary N) is 1. The Hall–Kier alpha value is -2.87. The summed E-state index contributed by atoms with van der Waals surface area (Å²) in [6.45, 7) is 0.571. The molecule has 0 fully saturated rings. The summed E-state index contributed by atoms with van der Waals surface area (Å²) in [6, 6.07) is 17.5. The summed E-state index contributed by atoms with van der Waals surface area (Å²) in [6.07, 6.45) is 0.729. The molecular weight excluding hydrogens is 362 g/mol. The molecule has 2 aromatic carbocycles. The Morgan fingerprint density at radius 1 is 1.15 bits per heavy atom. The van der Waals surface area contributed by atoms with Crippen LogP contribution in [0.15, 0.2) is 54.6 Å². The van der Waals surface area contributed by atoms with E-state index in [0.717, 1.165) is 23.4 Å². The highest BCUT2D eigenvalue weighted by Crippen LogP contribution is 2.17. The molecule has 0 unspecified atom stereocenters. The Balaban J connectivity index is 1.42. The Morgan fingerprint density at radius 3 is 2.74 bits per heavy atom. The maximum atomic E-state index is 12.0. The molecule has 0 aliphatic rings. The van der Waals surface area contributed by atoms with Gasteiger partial charge in [0, 0.05) is 6.54 Å². The first kappa shape index (κ1) is 18.9. The molecule has 0 aliphatic heterocycles. The van der Waals surface area contributed by atoms with Gasteiger partial charge in [-0.3, -0.25) is 4.79 Å². The summed E-state index contributed by atoms with van der Waals surface area (Å²) in [7, 11) is 1.65. The van der Waals surface area contributed by atoms with Crippen LogP contribution in [0.5, 0.6) is 5.75 Å². The van der Waals surface area contributed by atoms with Crippen LogP contribution < -0.4 is 10.1 Å². The third-order valence-corrected chi connectivity index (χ3v) is 4.84. The molecule has 1 aromatic heterocycles. The standard InChI is InChI=1S/C19H21N5O2S/c1-26-17-10-6-5-7-15(17)11-12-20-19(25)14-27-13-18-21-22-23-24(18)16-8-3-2-4-9-16/h2-10H,11-14H2,1H3,(H,20,25). The first-order valence-electron chi connectivity index (χ1n) is 8.57. The van der Waals surface area contributed by atoms with Crippen molar-refractivity contribution < 1.29 is 9.53 Å². The molecular formula is C19H21N5O2S. The molecule has 0 radical (unpaired) electrons. The van der Waals surface area contributed by atoms with Crippen molar-refractivity contribution >= 4 is 17.7 Å². The molecule has 0 aliphatic carbocycles. The number of hydrogen-bond donors (Lipinski definition) is 1. The van der Waals surface area contributed by atoms with E-state index >= 15 is 0 Å². The van der Waals surface area contributed by atoms with E-state index in [1.165, 1.54) is 11.8 Å². The molecule has 8 heteroatoms. The Labute approximate surface area is 162 Å². The van der Waals surface area contributed by atoms with Crippen molar-refractivity contribution in [1.82, 2.24) is 25.5 Å². The fraction of sp³-hybridized carbons (Fsp3) is 0.263. The van der Waals surface area contributed by atoms with E-state index < -0.39 is 0 Å². The van der Waals surface area contributed by atoms with Crippen molar-refractivity contribution in [2.24, 2.45) is 0 Å². The van der Waals surface area contributed by atoms with Gasteiger partial charge in [-0.1, -0.05) is 36.4 Å². The molecule has 0 atom stereocenters. The molecule has 1 N–H and O–H groups in total. The Morgan fingerprint density at radius 2 is 1.93 bits per heavy atom. The van der Waals surface area contributed by atoms with Crippen molar-refractivity contribution in [1.29, 1.82) is 0 Å². The monoisotopic (exact) mass is 383 g/mol. The Kier molecular flexibility index (Phi) is 6.81.